The average Bonchev–Trinajstić information content (AvgIpc) is 2.47. The first-order valence-corrected chi connectivity index (χ1v) is 6.52. The van der Waals surface area contributed by atoms with Crippen molar-refractivity contribution < 1.29 is 0 Å². The number of likely N-dealkylation sites (N-methyl/N-ethyl adjacent to an activating group) is 1. The lowest BCUT2D eigenvalue weighted by molar-refractivity contribution is 0.911. The minimum atomic E-state index is 0.860. The molecule has 0 aliphatic heterocycles. The van der Waals surface area contributed by atoms with Gasteiger partial charge in [0.1, 0.15) is 0 Å². The summed E-state index contributed by atoms with van der Waals surface area (Å²) in [6.07, 6.45) is 3.93. The van der Waals surface area contributed by atoms with E-state index in [-0.39, 0.29) is 0 Å². The van der Waals surface area contributed by atoms with Crippen LogP contribution in [-0.2, 0) is 0 Å². The van der Waals surface area contributed by atoms with E-state index in [1.807, 2.05) is 6.08 Å². The maximum absolute atomic E-state index is 3.50. The number of allylic oxidation sites excluding steroid dienone is 1. The molecule has 0 spiro atoms. The van der Waals surface area contributed by atoms with Crippen LogP contribution < -0.4 is 4.90 Å². The monoisotopic (exact) mass is 248 g/mol. The molecule has 0 atom stereocenters. The molecule has 0 unspecified atom stereocenters. The molecule has 0 fully saturated rings. The van der Waals surface area contributed by atoms with Crippen molar-refractivity contribution >= 4 is 16.5 Å². The predicted molar refractivity (Wildman–Crippen MR) is 84.1 cm³/mol. The lowest BCUT2D eigenvalue weighted by atomic mass is 10.1. The highest BCUT2D eigenvalue weighted by molar-refractivity contribution is 5.94. The van der Waals surface area contributed by atoms with E-state index in [1.54, 1.807) is 0 Å². The van der Waals surface area contributed by atoms with Gasteiger partial charge in [-0.25, -0.2) is 0 Å². The topological polar surface area (TPSA) is 3.24 Å². The van der Waals surface area contributed by atoms with Crippen molar-refractivity contribution in [1.29, 1.82) is 0 Å². The Balaban J connectivity index is 2.32. The molecule has 0 bridgehead atoms. The van der Waals surface area contributed by atoms with Crippen LogP contribution in [0.1, 0.15) is 6.92 Å². The van der Waals surface area contributed by atoms with Gasteiger partial charge in [0.25, 0.3) is 0 Å². The fourth-order valence-electron chi connectivity index (χ4n) is 2.18. The van der Waals surface area contributed by atoms with Crippen molar-refractivity contribution in [1.82, 2.24) is 0 Å². The van der Waals surface area contributed by atoms with Gasteiger partial charge in [0.2, 0.25) is 0 Å². The summed E-state index contributed by atoms with van der Waals surface area (Å²) in [7, 11) is 0. The number of anilines is 1. The van der Waals surface area contributed by atoms with Crippen LogP contribution in [-0.4, -0.2) is 13.1 Å². The van der Waals surface area contributed by atoms with Crippen LogP contribution in [0.2, 0.25) is 0 Å². The zero-order chi connectivity index (χ0) is 13.5. The summed E-state index contributed by atoms with van der Waals surface area (Å²) in [5.74, 6) is 5.47. The third-order valence-corrected chi connectivity index (χ3v) is 3.12. The normalized spacial score (nSPS) is 10.4. The molecule has 0 saturated heterocycles. The number of nitrogens with zero attached hydrogens (tertiary/aromatic N) is 1. The van der Waals surface area contributed by atoms with Gasteiger partial charge in [-0.1, -0.05) is 54.3 Å². The second-order valence-electron chi connectivity index (χ2n) is 4.26. The molecule has 0 N–H and O–H groups in total. The van der Waals surface area contributed by atoms with E-state index in [9.17, 15) is 0 Å². The quantitative estimate of drug-likeness (QED) is 0.737. The fraction of sp³-hybridized carbons (Fsp3) is 0.167. The lowest BCUT2D eigenvalue weighted by Gasteiger charge is -2.23. The first kappa shape index (κ1) is 13.2. The lowest BCUT2D eigenvalue weighted by Crippen LogP contribution is -2.22. The van der Waals surface area contributed by atoms with Gasteiger partial charge in [-0.3, -0.25) is 0 Å². The summed E-state index contributed by atoms with van der Waals surface area (Å²) in [5.41, 5.74) is 1.27. The largest absolute Gasteiger partial charge is 0.368 e. The third-order valence-electron chi connectivity index (χ3n) is 3.12. The van der Waals surface area contributed by atoms with Crippen molar-refractivity contribution in [2.24, 2.45) is 0 Å². The average molecular weight is 248 g/mol. The van der Waals surface area contributed by atoms with E-state index < -0.39 is 0 Å². The van der Waals surface area contributed by atoms with Gasteiger partial charge in [0, 0.05) is 31.1 Å². The summed E-state index contributed by atoms with van der Waals surface area (Å²) in [5, 5.41) is 2.57. The predicted octanol–water partition coefficient (Wildman–Crippen LogP) is 4.06. The van der Waals surface area contributed by atoms with E-state index in [2.05, 4.69) is 79.1 Å². The molecular formula is C18H18N. The van der Waals surface area contributed by atoms with Crippen molar-refractivity contribution in [2.45, 2.75) is 6.92 Å². The van der Waals surface area contributed by atoms with Gasteiger partial charge in [0.05, 0.1) is 0 Å². The first-order chi connectivity index (χ1) is 9.36. The second-order valence-corrected chi connectivity index (χ2v) is 4.26. The molecule has 2 rings (SSSR count). The van der Waals surface area contributed by atoms with E-state index >= 15 is 0 Å². The maximum atomic E-state index is 3.50. The Hall–Kier alpha value is -2.20. The molecule has 19 heavy (non-hydrogen) atoms. The Morgan fingerprint density at radius 2 is 1.95 bits per heavy atom. The molecule has 0 aromatic heterocycles. The minimum absolute atomic E-state index is 0.860. The zero-order valence-corrected chi connectivity index (χ0v) is 11.3. The van der Waals surface area contributed by atoms with Gasteiger partial charge in [-0.15, -0.1) is 0 Å². The zero-order valence-electron chi connectivity index (χ0n) is 11.3. The van der Waals surface area contributed by atoms with Gasteiger partial charge in [-0.2, -0.15) is 0 Å². The standard InChI is InChI=1S/C18H18N/c1-3-5-6-9-15-19(4-2)18-14-10-12-16-11-7-8-13-17(16)18/h6-14H,1,4,15H2,2H3. The van der Waals surface area contributed by atoms with E-state index in [4.69, 9.17) is 0 Å². The molecule has 2 aromatic rings. The van der Waals surface area contributed by atoms with Crippen molar-refractivity contribution in [3.63, 3.8) is 0 Å². The molecule has 1 nitrogen and oxygen atoms in total. The van der Waals surface area contributed by atoms with Crippen LogP contribution in [0.5, 0.6) is 0 Å². The van der Waals surface area contributed by atoms with Gasteiger partial charge < -0.3 is 4.90 Å². The van der Waals surface area contributed by atoms with Crippen molar-refractivity contribution in [3.8, 4) is 11.8 Å². The molecule has 0 aliphatic carbocycles. The number of rotatable bonds is 4. The van der Waals surface area contributed by atoms with Gasteiger partial charge in [-0.05, 0) is 24.5 Å². The van der Waals surface area contributed by atoms with Crippen LogP contribution in [0, 0.1) is 18.8 Å². The third kappa shape index (κ3) is 3.17. The van der Waals surface area contributed by atoms with Gasteiger partial charge >= 0.3 is 0 Å². The molecular weight excluding hydrogens is 230 g/mol. The van der Waals surface area contributed by atoms with Gasteiger partial charge in [0.15, 0.2) is 0 Å². The maximum Gasteiger partial charge on any atom is 0.0448 e. The number of hydrogen-bond acceptors (Lipinski definition) is 1. The van der Waals surface area contributed by atoms with Crippen LogP contribution in [0.25, 0.3) is 10.8 Å². The van der Waals surface area contributed by atoms with Crippen LogP contribution in [0.15, 0.2) is 54.6 Å². The number of fused-ring (bicyclic) bond motifs is 1. The molecule has 0 heterocycles. The van der Waals surface area contributed by atoms with Crippen LogP contribution >= 0.6 is 0 Å². The summed E-state index contributed by atoms with van der Waals surface area (Å²) >= 11 is 0. The fourth-order valence-corrected chi connectivity index (χ4v) is 2.18. The molecule has 1 radical (unpaired) electrons. The Morgan fingerprint density at radius 1 is 1.16 bits per heavy atom. The van der Waals surface area contributed by atoms with Crippen molar-refractivity contribution in [3.05, 3.63) is 61.5 Å². The van der Waals surface area contributed by atoms with Crippen LogP contribution in [0.4, 0.5) is 5.69 Å². The summed E-state index contributed by atoms with van der Waals surface area (Å²) in [6, 6.07) is 14.9. The van der Waals surface area contributed by atoms with Crippen molar-refractivity contribution in [2.75, 3.05) is 18.0 Å². The molecule has 0 saturated carbocycles. The molecule has 0 aliphatic rings. The Morgan fingerprint density at radius 3 is 2.74 bits per heavy atom. The highest BCUT2D eigenvalue weighted by Crippen LogP contribution is 2.26. The smallest absolute Gasteiger partial charge is 0.0448 e. The molecule has 2 aromatic carbocycles. The minimum Gasteiger partial charge on any atom is -0.368 e. The Bertz CT molecular complexity index is 623. The molecule has 95 valence electrons. The van der Waals surface area contributed by atoms with Crippen LogP contribution in [0.3, 0.4) is 0 Å². The van der Waals surface area contributed by atoms with E-state index in [1.165, 1.54) is 16.5 Å². The Labute approximate surface area is 115 Å². The highest BCUT2D eigenvalue weighted by Gasteiger charge is 2.06. The summed E-state index contributed by atoms with van der Waals surface area (Å²) in [4.78, 5) is 2.34. The second kappa shape index (κ2) is 6.66. The molecule has 1 heteroatoms. The highest BCUT2D eigenvalue weighted by atomic mass is 15.1. The summed E-state index contributed by atoms with van der Waals surface area (Å²) < 4.78 is 0. The SMILES string of the molecule is [CH2]C#CC=CCN(CC)c1cccc2ccccc12. The Kier molecular flexibility index (Phi) is 4.64. The van der Waals surface area contributed by atoms with E-state index in [0.717, 1.165) is 13.1 Å². The first-order valence-electron chi connectivity index (χ1n) is 6.52. The summed E-state index contributed by atoms with van der Waals surface area (Å²) in [6.45, 7) is 7.49. The number of hydrogen-bond donors (Lipinski definition) is 0. The van der Waals surface area contributed by atoms with E-state index in [0.29, 0.717) is 0 Å². The number of benzene rings is 2. The molecule has 0 amide bonds.